The molecule has 1 amide bonds. The van der Waals surface area contributed by atoms with Crippen LogP contribution in [0.25, 0.3) is 0 Å². The zero-order chi connectivity index (χ0) is 15.4. The van der Waals surface area contributed by atoms with E-state index in [-0.39, 0.29) is 11.7 Å². The first kappa shape index (κ1) is 15.4. The van der Waals surface area contributed by atoms with Gasteiger partial charge < -0.3 is 10.2 Å². The van der Waals surface area contributed by atoms with Crippen molar-refractivity contribution in [3.05, 3.63) is 57.9 Å². The van der Waals surface area contributed by atoms with Gasteiger partial charge in [-0.05, 0) is 51.8 Å². The number of anilines is 1. The molecule has 0 aliphatic rings. The van der Waals surface area contributed by atoms with E-state index in [0.717, 1.165) is 11.4 Å². The first-order valence-electron chi connectivity index (χ1n) is 6.33. The van der Waals surface area contributed by atoms with Crippen molar-refractivity contribution in [1.29, 1.82) is 0 Å². The smallest absolute Gasteiger partial charge is 0.252 e. The van der Waals surface area contributed by atoms with Crippen molar-refractivity contribution in [1.82, 2.24) is 10.3 Å². The van der Waals surface area contributed by atoms with Crippen LogP contribution in [0.5, 0.6) is 0 Å². The molecule has 0 unspecified atom stereocenters. The molecule has 0 saturated carbocycles. The van der Waals surface area contributed by atoms with Crippen LogP contribution in [0.15, 0.2) is 41.0 Å². The molecule has 1 aromatic heterocycles. The minimum Gasteiger partial charge on any atom is -0.363 e. The monoisotopic (exact) mass is 351 g/mol. The summed E-state index contributed by atoms with van der Waals surface area (Å²) in [4.78, 5) is 18.2. The topological polar surface area (TPSA) is 45.2 Å². The van der Waals surface area contributed by atoms with Gasteiger partial charge in [0.25, 0.3) is 5.91 Å². The van der Waals surface area contributed by atoms with Gasteiger partial charge in [-0.15, -0.1) is 0 Å². The third-order valence-electron chi connectivity index (χ3n) is 2.90. The number of hydrogen-bond acceptors (Lipinski definition) is 3. The largest absolute Gasteiger partial charge is 0.363 e. The van der Waals surface area contributed by atoms with Crippen molar-refractivity contribution in [2.45, 2.75) is 6.54 Å². The highest BCUT2D eigenvalue weighted by atomic mass is 79.9. The molecule has 21 heavy (non-hydrogen) atoms. The molecule has 0 bridgehead atoms. The van der Waals surface area contributed by atoms with Crippen molar-refractivity contribution < 1.29 is 9.18 Å². The SMILES string of the molecule is CN(C)c1cc(CNC(=O)c2ccc(F)cc2Br)ccn1. The normalized spacial score (nSPS) is 10.3. The number of hydrogen-bond donors (Lipinski definition) is 1. The van der Waals surface area contributed by atoms with Crippen LogP contribution in [0.4, 0.5) is 10.2 Å². The molecular weight excluding hydrogens is 337 g/mol. The molecule has 0 aliphatic carbocycles. The maximum absolute atomic E-state index is 13.0. The second-order valence-electron chi connectivity index (χ2n) is 4.72. The number of carbonyl (C=O) groups excluding carboxylic acids is 1. The predicted molar refractivity (Wildman–Crippen MR) is 83.8 cm³/mol. The highest BCUT2D eigenvalue weighted by Gasteiger charge is 2.10. The fourth-order valence-corrected chi connectivity index (χ4v) is 2.30. The second-order valence-corrected chi connectivity index (χ2v) is 5.58. The standard InChI is InChI=1S/C15H15BrFN3O/c1-20(2)14-7-10(5-6-18-14)9-19-15(21)12-4-3-11(17)8-13(12)16/h3-8H,9H2,1-2H3,(H,19,21). The quantitative estimate of drug-likeness (QED) is 0.920. The summed E-state index contributed by atoms with van der Waals surface area (Å²) >= 11 is 3.19. The molecule has 4 nitrogen and oxygen atoms in total. The van der Waals surface area contributed by atoms with Crippen LogP contribution in [0.3, 0.4) is 0 Å². The summed E-state index contributed by atoms with van der Waals surface area (Å²) in [5, 5.41) is 2.80. The van der Waals surface area contributed by atoms with Crippen molar-refractivity contribution in [3.63, 3.8) is 0 Å². The minimum atomic E-state index is -0.386. The number of aromatic nitrogens is 1. The van der Waals surface area contributed by atoms with Crippen LogP contribution in [0, 0.1) is 5.82 Å². The van der Waals surface area contributed by atoms with Gasteiger partial charge in [0.05, 0.1) is 5.56 Å². The van der Waals surface area contributed by atoms with E-state index < -0.39 is 0 Å². The van der Waals surface area contributed by atoms with E-state index in [1.165, 1.54) is 18.2 Å². The summed E-state index contributed by atoms with van der Waals surface area (Å²) in [7, 11) is 3.81. The van der Waals surface area contributed by atoms with Gasteiger partial charge in [0.15, 0.2) is 0 Å². The van der Waals surface area contributed by atoms with Crippen molar-refractivity contribution in [2.75, 3.05) is 19.0 Å². The Balaban J connectivity index is 2.05. The molecule has 2 rings (SSSR count). The minimum absolute atomic E-state index is 0.259. The Bertz CT molecular complexity index is 661. The lowest BCUT2D eigenvalue weighted by Gasteiger charge is -2.12. The number of amides is 1. The number of halogens is 2. The molecule has 0 radical (unpaired) electrons. The number of rotatable bonds is 4. The molecule has 0 aliphatic heterocycles. The Hall–Kier alpha value is -1.95. The number of carbonyl (C=O) groups is 1. The summed E-state index contributed by atoms with van der Waals surface area (Å²) in [5.41, 5.74) is 1.35. The molecule has 0 spiro atoms. The van der Waals surface area contributed by atoms with E-state index in [1.807, 2.05) is 31.1 Å². The predicted octanol–water partition coefficient (Wildman–Crippen LogP) is 2.98. The van der Waals surface area contributed by atoms with Gasteiger partial charge in [0, 0.05) is 31.3 Å². The first-order chi connectivity index (χ1) is 9.97. The second kappa shape index (κ2) is 6.67. The summed E-state index contributed by atoms with van der Waals surface area (Å²) in [5.74, 6) is 0.179. The van der Waals surface area contributed by atoms with Crippen molar-refractivity contribution in [3.8, 4) is 0 Å². The van der Waals surface area contributed by atoms with E-state index in [9.17, 15) is 9.18 Å². The maximum Gasteiger partial charge on any atom is 0.252 e. The van der Waals surface area contributed by atoms with Crippen LogP contribution in [0.1, 0.15) is 15.9 Å². The average Bonchev–Trinajstić information content (AvgIpc) is 2.45. The molecule has 110 valence electrons. The van der Waals surface area contributed by atoms with E-state index >= 15 is 0 Å². The Morgan fingerprint density at radius 2 is 2.10 bits per heavy atom. The van der Waals surface area contributed by atoms with Gasteiger partial charge >= 0.3 is 0 Å². The molecule has 1 aromatic carbocycles. The van der Waals surface area contributed by atoms with Gasteiger partial charge in [-0.1, -0.05) is 0 Å². The first-order valence-corrected chi connectivity index (χ1v) is 7.12. The Kier molecular flexibility index (Phi) is 4.90. The van der Waals surface area contributed by atoms with Gasteiger partial charge in [-0.3, -0.25) is 4.79 Å². The number of nitrogens with one attached hydrogen (secondary N) is 1. The molecule has 0 saturated heterocycles. The zero-order valence-electron chi connectivity index (χ0n) is 11.7. The van der Waals surface area contributed by atoms with Crippen LogP contribution in [-0.2, 0) is 6.54 Å². The van der Waals surface area contributed by atoms with Gasteiger partial charge in [0.1, 0.15) is 11.6 Å². The Labute approximate surface area is 131 Å². The average molecular weight is 352 g/mol. The maximum atomic E-state index is 13.0. The molecule has 1 heterocycles. The van der Waals surface area contributed by atoms with E-state index in [4.69, 9.17) is 0 Å². The van der Waals surface area contributed by atoms with Gasteiger partial charge in [-0.25, -0.2) is 9.37 Å². The summed E-state index contributed by atoms with van der Waals surface area (Å²) in [6.07, 6.45) is 1.70. The third kappa shape index (κ3) is 4.01. The highest BCUT2D eigenvalue weighted by Crippen LogP contribution is 2.18. The third-order valence-corrected chi connectivity index (χ3v) is 3.55. The van der Waals surface area contributed by atoms with Gasteiger partial charge in [0.2, 0.25) is 0 Å². The van der Waals surface area contributed by atoms with E-state index in [1.54, 1.807) is 6.20 Å². The van der Waals surface area contributed by atoms with Crippen LogP contribution in [0.2, 0.25) is 0 Å². The Morgan fingerprint density at radius 1 is 1.33 bits per heavy atom. The fraction of sp³-hybridized carbons (Fsp3) is 0.200. The fourth-order valence-electron chi connectivity index (χ4n) is 1.77. The molecule has 1 N–H and O–H groups in total. The van der Waals surface area contributed by atoms with Crippen LogP contribution < -0.4 is 10.2 Å². The highest BCUT2D eigenvalue weighted by molar-refractivity contribution is 9.10. The number of nitrogens with zero attached hydrogens (tertiary/aromatic N) is 2. The summed E-state index contributed by atoms with van der Waals surface area (Å²) < 4.78 is 13.4. The molecular formula is C15H15BrFN3O. The van der Waals surface area contributed by atoms with Crippen molar-refractivity contribution in [2.24, 2.45) is 0 Å². The summed E-state index contributed by atoms with van der Waals surface area (Å²) in [6, 6.07) is 7.72. The molecule has 0 fully saturated rings. The molecule has 6 heteroatoms. The number of pyridine rings is 1. The molecule has 2 aromatic rings. The Morgan fingerprint density at radius 3 is 2.76 bits per heavy atom. The molecule has 0 atom stereocenters. The van der Waals surface area contributed by atoms with Gasteiger partial charge in [-0.2, -0.15) is 0 Å². The van der Waals surface area contributed by atoms with E-state index in [0.29, 0.717) is 16.6 Å². The lowest BCUT2D eigenvalue weighted by molar-refractivity contribution is 0.0950. The van der Waals surface area contributed by atoms with Crippen LogP contribution >= 0.6 is 15.9 Å². The lowest BCUT2D eigenvalue weighted by atomic mass is 10.2. The summed E-state index contributed by atoms with van der Waals surface area (Å²) in [6.45, 7) is 0.381. The van der Waals surface area contributed by atoms with E-state index in [2.05, 4.69) is 26.2 Å². The van der Waals surface area contributed by atoms with Crippen LogP contribution in [-0.4, -0.2) is 25.0 Å². The number of benzene rings is 1. The van der Waals surface area contributed by atoms with Crippen molar-refractivity contribution >= 4 is 27.7 Å². The lowest BCUT2D eigenvalue weighted by Crippen LogP contribution is -2.23. The zero-order valence-corrected chi connectivity index (χ0v) is 13.3.